The first-order valence-electron chi connectivity index (χ1n) is 8.22. The Balaban J connectivity index is 1.58. The van der Waals surface area contributed by atoms with Crippen LogP contribution in [0, 0.1) is 0 Å². The number of hydrogen-bond donors (Lipinski definition) is 0. The Morgan fingerprint density at radius 1 is 1.04 bits per heavy atom. The number of benzene rings is 1. The van der Waals surface area contributed by atoms with E-state index in [0.717, 1.165) is 24.6 Å². The van der Waals surface area contributed by atoms with Crippen molar-refractivity contribution in [1.82, 2.24) is 14.9 Å². The third-order valence-electron chi connectivity index (χ3n) is 4.27. The normalized spacial score (nSPS) is 14.3. The van der Waals surface area contributed by atoms with Crippen LogP contribution in [0.5, 0.6) is 11.5 Å². The Bertz CT molecular complexity index is 716. The molecule has 2 heterocycles. The zero-order chi connectivity index (χ0) is 17.6. The molecule has 1 amide bonds. The number of amides is 1. The molecular formula is C18H22N4O3. The van der Waals surface area contributed by atoms with Crippen LogP contribution in [0.25, 0.3) is 0 Å². The van der Waals surface area contributed by atoms with Crippen molar-refractivity contribution in [2.24, 2.45) is 0 Å². The van der Waals surface area contributed by atoms with Gasteiger partial charge in [0.25, 0.3) is 0 Å². The van der Waals surface area contributed by atoms with Gasteiger partial charge in [-0.3, -0.25) is 4.79 Å². The second kappa shape index (κ2) is 7.83. The second-order valence-corrected chi connectivity index (χ2v) is 5.78. The van der Waals surface area contributed by atoms with Gasteiger partial charge in [0.05, 0.1) is 20.6 Å². The summed E-state index contributed by atoms with van der Waals surface area (Å²) in [7, 11) is 3.19. The average molecular weight is 342 g/mol. The van der Waals surface area contributed by atoms with E-state index in [0.29, 0.717) is 31.0 Å². The Morgan fingerprint density at radius 2 is 1.72 bits per heavy atom. The molecule has 1 aromatic heterocycles. The molecule has 0 unspecified atom stereocenters. The summed E-state index contributed by atoms with van der Waals surface area (Å²) in [5.74, 6) is 2.13. The van der Waals surface area contributed by atoms with Gasteiger partial charge >= 0.3 is 0 Å². The molecule has 2 aromatic rings. The fraction of sp³-hybridized carbons (Fsp3) is 0.389. The third kappa shape index (κ3) is 3.99. The van der Waals surface area contributed by atoms with Crippen molar-refractivity contribution in [3.8, 4) is 11.5 Å². The topological polar surface area (TPSA) is 67.8 Å². The van der Waals surface area contributed by atoms with Crippen molar-refractivity contribution in [2.75, 3.05) is 45.3 Å². The molecule has 0 saturated carbocycles. The molecule has 1 saturated heterocycles. The van der Waals surface area contributed by atoms with E-state index in [2.05, 4.69) is 14.9 Å². The highest BCUT2D eigenvalue weighted by Gasteiger charge is 2.22. The smallest absolute Gasteiger partial charge is 0.227 e. The van der Waals surface area contributed by atoms with E-state index >= 15 is 0 Å². The lowest BCUT2D eigenvalue weighted by molar-refractivity contribution is -0.130. The summed E-state index contributed by atoms with van der Waals surface area (Å²) in [6, 6.07) is 7.37. The van der Waals surface area contributed by atoms with Gasteiger partial charge in [0.2, 0.25) is 11.9 Å². The first-order valence-corrected chi connectivity index (χ1v) is 8.22. The minimum Gasteiger partial charge on any atom is -0.493 e. The zero-order valence-corrected chi connectivity index (χ0v) is 14.5. The van der Waals surface area contributed by atoms with E-state index in [1.165, 1.54) is 0 Å². The first kappa shape index (κ1) is 17.0. The molecule has 1 aromatic carbocycles. The molecule has 1 fully saturated rings. The number of ether oxygens (including phenoxy) is 2. The van der Waals surface area contributed by atoms with Crippen LogP contribution in [0.3, 0.4) is 0 Å². The van der Waals surface area contributed by atoms with Crippen LogP contribution in [0.2, 0.25) is 0 Å². The summed E-state index contributed by atoms with van der Waals surface area (Å²) in [6.45, 7) is 2.82. The molecule has 7 nitrogen and oxygen atoms in total. The number of nitrogens with zero attached hydrogens (tertiary/aromatic N) is 4. The molecule has 0 spiro atoms. The lowest BCUT2D eigenvalue weighted by atomic mass is 10.1. The molecule has 3 rings (SSSR count). The highest BCUT2D eigenvalue weighted by atomic mass is 16.5. The molecule has 0 aliphatic carbocycles. The number of carbonyl (C=O) groups is 1. The predicted molar refractivity (Wildman–Crippen MR) is 94.1 cm³/mol. The van der Waals surface area contributed by atoms with E-state index in [1.807, 2.05) is 23.1 Å². The minimum atomic E-state index is 0.112. The summed E-state index contributed by atoms with van der Waals surface area (Å²) in [4.78, 5) is 25.1. The SMILES string of the molecule is COc1ccc(CC(=O)N2CCN(c3ncccn3)CC2)cc1OC. The highest BCUT2D eigenvalue weighted by molar-refractivity contribution is 5.79. The summed E-state index contributed by atoms with van der Waals surface area (Å²) in [6.07, 6.45) is 3.82. The Hall–Kier alpha value is -2.83. The molecule has 0 radical (unpaired) electrons. The number of hydrogen-bond acceptors (Lipinski definition) is 6. The Labute approximate surface area is 147 Å². The number of aromatic nitrogens is 2. The van der Waals surface area contributed by atoms with Crippen LogP contribution in [-0.2, 0) is 11.2 Å². The Morgan fingerprint density at radius 3 is 2.36 bits per heavy atom. The van der Waals surface area contributed by atoms with Gasteiger partial charge in [-0.2, -0.15) is 0 Å². The Kier molecular flexibility index (Phi) is 5.33. The van der Waals surface area contributed by atoms with Crippen molar-refractivity contribution in [1.29, 1.82) is 0 Å². The van der Waals surface area contributed by atoms with Crippen LogP contribution < -0.4 is 14.4 Å². The summed E-state index contributed by atoms with van der Waals surface area (Å²) in [5, 5.41) is 0. The van der Waals surface area contributed by atoms with Crippen LogP contribution in [0.15, 0.2) is 36.7 Å². The number of rotatable bonds is 5. The fourth-order valence-corrected chi connectivity index (χ4v) is 2.89. The van der Waals surface area contributed by atoms with Crippen molar-refractivity contribution >= 4 is 11.9 Å². The second-order valence-electron chi connectivity index (χ2n) is 5.78. The summed E-state index contributed by atoms with van der Waals surface area (Å²) >= 11 is 0. The van der Waals surface area contributed by atoms with Crippen molar-refractivity contribution in [2.45, 2.75) is 6.42 Å². The highest BCUT2D eigenvalue weighted by Crippen LogP contribution is 2.27. The van der Waals surface area contributed by atoms with Gasteiger partial charge < -0.3 is 19.3 Å². The maximum absolute atomic E-state index is 12.6. The molecule has 7 heteroatoms. The van der Waals surface area contributed by atoms with E-state index in [4.69, 9.17) is 9.47 Å². The van der Waals surface area contributed by atoms with Crippen molar-refractivity contribution in [3.63, 3.8) is 0 Å². The maximum Gasteiger partial charge on any atom is 0.227 e. The van der Waals surface area contributed by atoms with Gasteiger partial charge in [-0.1, -0.05) is 6.07 Å². The maximum atomic E-state index is 12.6. The van der Waals surface area contributed by atoms with Crippen LogP contribution >= 0.6 is 0 Å². The molecule has 0 N–H and O–H groups in total. The van der Waals surface area contributed by atoms with Gasteiger partial charge in [0.15, 0.2) is 11.5 Å². The number of piperazine rings is 1. The summed E-state index contributed by atoms with van der Waals surface area (Å²) < 4.78 is 10.5. The standard InChI is InChI=1S/C18H22N4O3/c1-24-15-5-4-14(12-16(15)25-2)13-17(23)21-8-10-22(11-9-21)18-19-6-3-7-20-18/h3-7,12H,8-11,13H2,1-2H3. The lowest BCUT2D eigenvalue weighted by Crippen LogP contribution is -2.49. The molecule has 1 aliphatic heterocycles. The fourth-order valence-electron chi connectivity index (χ4n) is 2.89. The van der Waals surface area contributed by atoms with Gasteiger partial charge in [0, 0.05) is 38.6 Å². The van der Waals surface area contributed by atoms with Gasteiger partial charge in [-0.05, 0) is 23.8 Å². The lowest BCUT2D eigenvalue weighted by Gasteiger charge is -2.34. The van der Waals surface area contributed by atoms with E-state index < -0.39 is 0 Å². The quantitative estimate of drug-likeness (QED) is 0.818. The number of anilines is 1. The van der Waals surface area contributed by atoms with Crippen LogP contribution in [0.1, 0.15) is 5.56 Å². The van der Waals surface area contributed by atoms with Crippen LogP contribution in [0.4, 0.5) is 5.95 Å². The van der Waals surface area contributed by atoms with Gasteiger partial charge in [0.1, 0.15) is 0 Å². The molecule has 25 heavy (non-hydrogen) atoms. The first-order chi connectivity index (χ1) is 12.2. The van der Waals surface area contributed by atoms with Gasteiger partial charge in [-0.25, -0.2) is 9.97 Å². The number of carbonyl (C=O) groups excluding carboxylic acids is 1. The average Bonchev–Trinajstić information content (AvgIpc) is 2.68. The third-order valence-corrected chi connectivity index (χ3v) is 4.27. The van der Waals surface area contributed by atoms with Crippen LogP contribution in [-0.4, -0.2) is 61.2 Å². The van der Waals surface area contributed by atoms with Crippen molar-refractivity contribution in [3.05, 3.63) is 42.2 Å². The van der Waals surface area contributed by atoms with E-state index in [1.54, 1.807) is 32.7 Å². The summed E-state index contributed by atoms with van der Waals surface area (Å²) in [5.41, 5.74) is 0.913. The van der Waals surface area contributed by atoms with E-state index in [-0.39, 0.29) is 5.91 Å². The molecule has 0 bridgehead atoms. The number of methoxy groups -OCH3 is 2. The monoisotopic (exact) mass is 342 g/mol. The van der Waals surface area contributed by atoms with E-state index in [9.17, 15) is 4.79 Å². The molecule has 0 atom stereocenters. The molecular weight excluding hydrogens is 320 g/mol. The molecule has 1 aliphatic rings. The predicted octanol–water partition coefficient (Wildman–Crippen LogP) is 1.39. The largest absolute Gasteiger partial charge is 0.493 e. The minimum absolute atomic E-state index is 0.112. The molecule has 132 valence electrons. The zero-order valence-electron chi connectivity index (χ0n) is 14.5. The van der Waals surface area contributed by atoms with Crippen molar-refractivity contribution < 1.29 is 14.3 Å². The van der Waals surface area contributed by atoms with Gasteiger partial charge in [-0.15, -0.1) is 0 Å².